The summed E-state index contributed by atoms with van der Waals surface area (Å²) >= 11 is 0. The van der Waals surface area contributed by atoms with E-state index < -0.39 is 0 Å². The zero-order valence-corrected chi connectivity index (χ0v) is 21.5. The van der Waals surface area contributed by atoms with Crippen LogP contribution >= 0.6 is 0 Å². The molecule has 0 saturated heterocycles. The molecule has 4 nitrogen and oxygen atoms in total. The van der Waals surface area contributed by atoms with Gasteiger partial charge in [-0.2, -0.15) is 0 Å². The van der Waals surface area contributed by atoms with E-state index in [4.69, 9.17) is 15.0 Å². The molecule has 0 unspecified atom stereocenters. The van der Waals surface area contributed by atoms with E-state index in [2.05, 4.69) is 89.9 Å². The molecule has 8 rings (SSSR count). The van der Waals surface area contributed by atoms with E-state index >= 15 is 0 Å². The lowest BCUT2D eigenvalue weighted by Gasteiger charge is -2.16. The molecule has 0 bridgehead atoms. The molecule has 0 aliphatic rings. The summed E-state index contributed by atoms with van der Waals surface area (Å²) in [6.45, 7) is 0. The second-order valence-electron chi connectivity index (χ2n) is 9.87. The Hall–Kier alpha value is -5.48. The minimum absolute atomic E-state index is 0.858. The second-order valence-corrected chi connectivity index (χ2v) is 9.87. The molecule has 0 fully saturated rings. The van der Waals surface area contributed by atoms with Gasteiger partial charge >= 0.3 is 0 Å². The van der Waals surface area contributed by atoms with E-state index in [1.54, 1.807) is 6.20 Å². The molecule has 0 aliphatic heterocycles. The molecule has 40 heavy (non-hydrogen) atoms. The maximum absolute atomic E-state index is 5.10. The van der Waals surface area contributed by atoms with Gasteiger partial charge in [0.1, 0.15) is 0 Å². The Morgan fingerprint density at radius 2 is 1.10 bits per heavy atom. The van der Waals surface area contributed by atoms with Crippen LogP contribution in [0, 0.1) is 0 Å². The van der Waals surface area contributed by atoms with E-state index in [1.165, 1.54) is 16.5 Å². The first-order chi connectivity index (χ1) is 19.8. The number of hydrogen-bond donors (Lipinski definition) is 0. The summed E-state index contributed by atoms with van der Waals surface area (Å²) in [4.78, 5) is 19.3. The summed E-state index contributed by atoms with van der Waals surface area (Å²) in [7, 11) is 0. The molecule has 0 N–H and O–H groups in total. The van der Waals surface area contributed by atoms with Crippen molar-refractivity contribution < 1.29 is 0 Å². The predicted molar refractivity (Wildman–Crippen MR) is 164 cm³/mol. The summed E-state index contributed by atoms with van der Waals surface area (Å²) in [5, 5.41) is 5.63. The highest BCUT2D eigenvalue weighted by Gasteiger charge is 2.17. The van der Waals surface area contributed by atoms with Crippen molar-refractivity contribution in [3.63, 3.8) is 0 Å². The molecular weight excluding hydrogens is 488 g/mol. The van der Waals surface area contributed by atoms with Crippen LogP contribution in [0.15, 0.2) is 134 Å². The largest absolute Gasteiger partial charge is 0.255 e. The van der Waals surface area contributed by atoms with Crippen LogP contribution < -0.4 is 0 Å². The lowest BCUT2D eigenvalue weighted by Crippen LogP contribution is -1.94. The van der Waals surface area contributed by atoms with Crippen LogP contribution in [0.3, 0.4) is 0 Å². The Morgan fingerprint density at radius 3 is 1.98 bits per heavy atom. The summed E-state index contributed by atoms with van der Waals surface area (Å²) in [6.07, 6.45) is 3.64. The first kappa shape index (κ1) is 22.5. The average molecular weight is 511 g/mol. The molecule has 0 atom stereocenters. The van der Waals surface area contributed by atoms with Crippen LogP contribution in [0.25, 0.3) is 77.3 Å². The van der Waals surface area contributed by atoms with Gasteiger partial charge in [-0.1, -0.05) is 84.9 Å². The Labute approximate surface area is 230 Å². The lowest BCUT2D eigenvalue weighted by atomic mass is 9.89. The molecule has 0 amide bonds. The number of aromatic nitrogens is 4. The number of hydrogen-bond acceptors (Lipinski definition) is 4. The number of benzene rings is 4. The Kier molecular flexibility index (Phi) is 5.10. The summed E-state index contributed by atoms with van der Waals surface area (Å²) in [6, 6.07) is 41.8. The van der Waals surface area contributed by atoms with Gasteiger partial charge in [0.05, 0.1) is 33.6 Å². The molecule has 186 valence electrons. The van der Waals surface area contributed by atoms with Gasteiger partial charge in [-0.25, -0.2) is 9.97 Å². The first-order valence-electron chi connectivity index (χ1n) is 13.3. The fourth-order valence-corrected chi connectivity index (χ4v) is 5.76. The van der Waals surface area contributed by atoms with Gasteiger partial charge in [-0.15, -0.1) is 0 Å². The standard InChI is InChI=1S/C36H22N4/c1-2-11-25-24(10-1)26(30-15-7-16-33(39-30)32-14-5-6-21-37-32)19-20-27(25)34-28-12-3-4-13-31(28)40-36-29(34)18-17-23-9-8-22-38-35(23)36/h1-22H. The number of nitrogens with zero attached hydrogens (tertiary/aromatic N) is 4. The van der Waals surface area contributed by atoms with Crippen molar-refractivity contribution in [3.8, 4) is 33.8 Å². The van der Waals surface area contributed by atoms with Crippen LogP contribution in [0.5, 0.6) is 0 Å². The van der Waals surface area contributed by atoms with Crippen molar-refractivity contribution in [1.82, 2.24) is 19.9 Å². The van der Waals surface area contributed by atoms with E-state index in [0.717, 1.165) is 60.7 Å². The molecule has 4 heterocycles. The number of fused-ring (bicyclic) bond motifs is 5. The van der Waals surface area contributed by atoms with Gasteiger partial charge in [-0.05, 0) is 52.7 Å². The van der Waals surface area contributed by atoms with Gasteiger partial charge in [0.25, 0.3) is 0 Å². The molecule has 4 heteroatoms. The highest BCUT2D eigenvalue weighted by atomic mass is 14.8. The number of para-hydroxylation sites is 1. The minimum Gasteiger partial charge on any atom is -0.255 e. The van der Waals surface area contributed by atoms with E-state index in [1.807, 2.05) is 42.6 Å². The first-order valence-corrected chi connectivity index (χ1v) is 13.3. The van der Waals surface area contributed by atoms with Crippen LogP contribution in [-0.4, -0.2) is 19.9 Å². The summed E-state index contributed by atoms with van der Waals surface area (Å²) < 4.78 is 0. The van der Waals surface area contributed by atoms with Gasteiger partial charge in [0.2, 0.25) is 0 Å². The molecule has 0 aliphatic carbocycles. The second kappa shape index (κ2) is 9.07. The highest BCUT2D eigenvalue weighted by molar-refractivity contribution is 6.19. The normalized spacial score (nSPS) is 11.5. The van der Waals surface area contributed by atoms with Crippen molar-refractivity contribution in [3.05, 3.63) is 134 Å². The third-order valence-corrected chi connectivity index (χ3v) is 7.57. The molecule has 0 saturated carbocycles. The molecule has 8 aromatic rings. The Morgan fingerprint density at radius 1 is 0.375 bits per heavy atom. The molecular formula is C36H22N4. The topological polar surface area (TPSA) is 51.6 Å². The summed E-state index contributed by atoms with van der Waals surface area (Å²) in [5.41, 5.74) is 8.87. The number of rotatable bonds is 3. The van der Waals surface area contributed by atoms with Crippen molar-refractivity contribution in [2.75, 3.05) is 0 Å². The van der Waals surface area contributed by atoms with Crippen molar-refractivity contribution >= 4 is 43.5 Å². The van der Waals surface area contributed by atoms with Crippen molar-refractivity contribution in [2.45, 2.75) is 0 Å². The lowest BCUT2D eigenvalue weighted by molar-refractivity contribution is 1.25. The highest BCUT2D eigenvalue weighted by Crippen LogP contribution is 2.42. The van der Waals surface area contributed by atoms with E-state index in [-0.39, 0.29) is 0 Å². The third kappa shape index (κ3) is 3.54. The van der Waals surface area contributed by atoms with Gasteiger partial charge in [0.15, 0.2) is 0 Å². The molecule has 0 radical (unpaired) electrons. The maximum Gasteiger partial charge on any atom is 0.0978 e. The smallest absolute Gasteiger partial charge is 0.0978 e. The fraction of sp³-hybridized carbons (Fsp3) is 0. The van der Waals surface area contributed by atoms with E-state index in [0.29, 0.717) is 0 Å². The van der Waals surface area contributed by atoms with Gasteiger partial charge in [-0.3, -0.25) is 9.97 Å². The zero-order valence-electron chi connectivity index (χ0n) is 21.5. The molecule has 4 aromatic heterocycles. The minimum atomic E-state index is 0.858. The van der Waals surface area contributed by atoms with Gasteiger partial charge in [0, 0.05) is 39.7 Å². The summed E-state index contributed by atoms with van der Waals surface area (Å²) in [5.74, 6) is 0. The van der Waals surface area contributed by atoms with Crippen molar-refractivity contribution in [2.24, 2.45) is 0 Å². The molecule has 4 aromatic carbocycles. The fourth-order valence-electron chi connectivity index (χ4n) is 5.76. The zero-order chi connectivity index (χ0) is 26.5. The van der Waals surface area contributed by atoms with Crippen LogP contribution in [0.2, 0.25) is 0 Å². The van der Waals surface area contributed by atoms with Crippen LogP contribution in [0.4, 0.5) is 0 Å². The van der Waals surface area contributed by atoms with E-state index in [9.17, 15) is 0 Å². The maximum atomic E-state index is 5.10. The Bertz CT molecular complexity index is 2220. The third-order valence-electron chi connectivity index (χ3n) is 7.57. The number of pyridine rings is 4. The average Bonchev–Trinajstić information content (AvgIpc) is 3.04. The molecule has 0 spiro atoms. The van der Waals surface area contributed by atoms with Gasteiger partial charge < -0.3 is 0 Å². The predicted octanol–water partition coefficient (Wildman–Crippen LogP) is 8.88. The SMILES string of the molecule is c1ccc(-c2cccc(-c3ccc(-c4c5ccccc5nc5c4ccc4cccnc45)c4ccccc34)n2)nc1. The van der Waals surface area contributed by atoms with Crippen molar-refractivity contribution in [1.29, 1.82) is 0 Å². The monoisotopic (exact) mass is 510 g/mol. The Balaban J connectivity index is 1.42. The van der Waals surface area contributed by atoms with Crippen LogP contribution in [-0.2, 0) is 0 Å². The quantitative estimate of drug-likeness (QED) is 0.176. The van der Waals surface area contributed by atoms with Crippen LogP contribution in [0.1, 0.15) is 0 Å².